The number of ketones is 1. The summed E-state index contributed by atoms with van der Waals surface area (Å²) in [6, 6.07) is 8.65. The number of hydrogen-bond acceptors (Lipinski definition) is 8. The van der Waals surface area contributed by atoms with Gasteiger partial charge in [0.05, 0.1) is 11.4 Å². The third-order valence-corrected chi connectivity index (χ3v) is 5.58. The molecule has 0 atom stereocenters. The molecule has 0 aliphatic carbocycles. The number of nitrogens with zero attached hydrogens (tertiary/aromatic N) is 6. The summed E-state index contributed by atoms with van der Waals surface area (Å²) < 4.78 is 49.2. The summed E-state index contributed by atoms with van der Waals surface area (Å²) >= 11 is 1.11. The Hall–Kier alpha value is -3.61. The minimum absolute atomic E-state index is 0.0534. The van der Waals surface area contributed by atoms with E-state index in [0.717, 1.165) is 35.3 Å². The largest absolute Gasteiger partial charge is 0.573 e. The fourth-order valence-corrected chi connectivity index (χ4v) is 4.06. The van der Waals surface area contributed by atoms with Gasteiger partial charge in [-0.05, 0) is 61.5 Å². The van der Waals surface area contributed by atoms with Gasteiger partial charge in [0.15, 0.2) is 11.6 Å². The van der Waals surface area contributed by atoms with E-state index >= 15 is 0 Å². The molecule has 13 heteroatoms. The number of thioether (sulfide) groups is 1. The molecule has 0 N–H and O–H groups in total. The van der Waals surface area contributed by atoms with E-state index in [2.05, 4.69) is 25.4 Å². The number of hydrogen-bond donors (Lipinski definition) is 0. The van der Waals surface area contributed by atoms with Gasteiger partial charge >= 0.3 is 6.36 Å². The standard InChI is InChI=1S/C20H17F3N6O3S/c1-11-8-16(13(3)28(11)18-9-12(2)32-25-18)17(30)10-33-19-24-26-27-29(19)14-4-6-15(7-5-14)31-20(21,22)23/h4-9H,10H2,1-3H3. The fourth-order valence-electron chi connectivity index (χ4n) is 3.28. The molecule has 0 aliphatic heterocycles. The van der Waals surface area contributed by atoms with E-state index in [1.807, 2.05) is 18.4 Å². The molecule has 0 radical (unpaired) electrons. The predicted octanol–water partition coefficient (Wildman–Crippen LogP) is 4.24. The fraction of sp³-hybridized carbons (Fsp3) is 0.250. The molecular formula is C20H17F3N6O3S. The summed E-state index contributed by atoms with van der Waals surface area (Å²) in [5.41, 5.74) is 2.52. The van der Waals surface area contributed by atoms with Crippen molar-refractivity contribution in [1.29, 1.82) is 0 Å². The molecule has 33 heavy (non-hydrogen) atoms. The first-order valence-corrected chi connectivity index (χ1v) is 10.5. The molecule has 0 fully saturated rings. The van der Waals surface area contributed by atoms with Crippen LogP contribution in [0.4, 0.5) is 13.2 Å². The molecule has 172 valence electrons. The molecule has 0 bridgehead atoms. The van der Waals surface area contributed by atoms with E-state index in [1.165, 1.54) is 16.8 Å². The lowest BCUT2D eigenvalue weighted by atomic mass is 10.2. The first-order valence-electron chi connectivity index (χ1n) is 9.55. The van der Waals surface area contributed by atoms with Crippen molar-refractivity contribution in [3.63, 3.8) is 0 Å². The molecule has 1 aromatic carbocycles. The number of aromatic nitrogens is 6. The van der Waals surface area contributed by atoms with Gasteiger partial charge in [-0.3, -0.25) is 9.36 Å². The van der Waals surface area contributed by atoms with Gasteiger partial charge in [0.1, 0.15) is 11.5 Å². The quantitative estimate of drug-likeness (QED) is 0.287. The Kier molecular flexibility index (Phi) is 5.97. The Balaban J connectivity index is 1.48. The zero-order valence-electron chi connectivity index (χ0n) is 17.6. The van der Waals surface area contributed by atoms with Crippen LogP contribution in [0.3, 0.4) is 0 Å². The van der Waals surface area contributed by atoms with Gasteiger partial charge in [-0.25, -0.2) is 0 Å². The van der Waals surface area contributed by atoms with E-state index in [-0.39, 0.29) is 17.3 Å². The van der Waals surface area contributed by atoms with Crippen LogP contribution in [0.5, 0.6) is 5.75 Å². The maximum absolute atomic E-state index is 12.9. The molecule has 0 saturated carbocycles. The van der Waals surface area contributed by atoms with Gasteiger partial charge in [-0.1, -0.05) is 16.9 Å². The van der Waals surface area contributed by atoms with Crippen molar-refractivity contribution in [2.45, 2.75) is 32.3 Å². The van der Waals surface area contributed by atoms with Gasteiger partial charge in [0.25, 0.3) is 0 Å². The zero-order valence-corrected chi connectivity index (χ0v) is 18.4. The summed E-state index contributed by atoms with van der Waals surface area (Å²) in [4.78, 5) is 12.9. The molecule has 9 nitrogen and oxygen atoms in total. The highest BCUT2D eigenvalue weighted by Gasteiger charge is 2.31. The van der Waals surface area contributed by atoms with E-state index in [0.29, 0.717) is 28.0 Å². The van der Waals surface area contributed by atoms with Crippen molar-refractivity contribution < 1.29 is 27.2 Å². The zero-order chi connectivity index (χ0) is 23.8. The minimum atomic E-state index is -4.78. The van der Waals surface area contributed by atoms with Gasteiger partial charge in [0, 0.05) is 23.0 Å². The van der Waals surface area contributed by atoms with Gasteiger partial charge in [0.2, 0.25) is 5.16 Å². The maximum Gasteiger partial charge on any atom is 0.573 e. The molecule has 4 rings (SSSR count). The lowest BCUT2D eigenvalue weighted by Crippen LogP contribution is -2.17. The van der Waals surface area contributed by atoms with Crippen molar-refractivity contribution in [3.8, 4) is 17.3 Å². The number of carbonyl (C=O) groups excluding carboxylic acids is 1. The second kappa shape index (κ2) is 8.73. The Bertz CT molecular complexity index is 1290. The number of alkyl halides is 3. The molecule has 3 heterocycles. The number of benzene rings is 1. The van der Waals surface area contributed by atoms with Crippen LogP contribution in [0, 0.1) is 20.8 Å². The van der Waals surface area contributed by atoms with Crippen LogP contribution in [0.2, 0.25) is 0 Å². The molecule has 3 aromatic heterocycles. The van der Waals surface area contributed by atoms with Crippen LogP contribution >= 0.6 is 11.8 Å². The van der Waals surface area contributed by atoms with Crippen molar-refractivity contribution in [3.05, 3.63) is 59.1 Å². The number of Topliss-reactive ketones (excluding diaryl/α,β-unsaturated/α-hetero) is 1. The third-order valence-electron chi connectivity index (χ3n) is 4.66. The molecule has 0 spiro atoms. The highest BCUT2D eigenvalue weighted by atomic mass is 32.2. The summed E-state index contributed by atoms with van der Waals surface area (Å²) in [5, 5.41) is 15.7. The summed E-state index contributed by atoms with van der Waals surface area (Å²) in [5.74, 6) is 0.809. The Morgan fingerprint density at radius 1 is 1.15 bits per heavy atom. The summed E-state index contributed by atoms with van der Waals surface area (Å²) in [6.45, 7) is 5.48. The van der Waals surface area contributed by atoms with Crippen LogP contribution in [-0.4, -0.2) is 47.8 Å². The summed E-state index contributed by atoms with van der Waals surface area (Å²) in [6.07, 6.45) is -4.78. The summed E-state index contributed by atoms with van der Waals surface area (Å²) in [7, 11) is 0. The van der Waals surface area contributed by atoms with Crippen LogP contribution < -0.4 is 4.74 Å². The maximum atomic E-state index is 12.9. The molecular weight excluding hydrogens is 461 g/mol. The SMILES string of the molecule is Cc1cc(-n2c(C)cc(C(=O)CSc3nnnn3-c3ccc(OC(F)(F)F)cc3)c2C)no1. The Morgan fingerprint density at radius 3 is 2.52 bits per heavy atom. The van der Waals surface area contributed by atoms with Gasteiger partial charge in [-0.15, -0.1) is 18.3 Å². The normalized spacial score (nSPS) is 11.7. The van der Waals surface area contributed by atoms with Crippen molar-refractivity contribution in [2.24, 2.45) is 0 Å². The molecule has 0 amide bonds. The number of ether oxygens (including phenoxy) is 1. The van der Waals surface area contributed by atoms with Crippen molar-refractivity contribution in [1.82, 2.24) is 29.9 Å². The number of carbonyl (C=O) groups is 1. The number of tetrazole rings is 1. The van der Waals surface area contributed by atoms with Crippen LogP contribution in [0.25, 0.3) is 11.5 Å². The monoisotopic (exact) mass is 478 g/mol. The Labute approximate surface area is 189 Å². The molecule has 0 unspecified atom stereocenters. The minimum Gasteiger partial charge on any atom is -0.406 e. The first kappa shape index (κ1) is 22.6. The molecule has 0 aliphatic rings. The van der Waals surface area contributed by atoms with Crippen LogP contribution in [-0.2, 0) is 0 Å². The molecule has 4 aromatic rings. The van der Waals surface area contributed by atoms with E-state index < -0.39 is 6.36 Å². The lowest BCUT2D eigenvalue weighted by molar-refractivity contribution is -0.274. The Morgan fingerprint density at radius 2 is 1.88 bits per heavy atom. The second-order valence-electron chi connectivity index (χ2n) is 7.04. The van der Waals surface area contributed by atoms with E-state index in [1.54, 1.807) is 19.1 Å². The van der Waals surface area contributed by atoms with E-state index in [4.69, 9.17) is 4.52 Å². The average Bonchev–Trinajstić information content (AvgIpc) is 3.45. The average molecular weight is 478 g/mol. The number of rotatable bonds is 7. The lowest BCUT2D eigenvalue weighted by Gasteiger charge is -2.09. The second-order valence-corrected chi connectivity index (χ2v) is 7.99. The highest BCUT2D eigenvalue weighted by molar-refractivity contribution is 7.99. The first-order chi connectivity index (χ1) is 15.6. The molecule has 0 saturated heterocycles. The van der Waals surface area contributed by atoms with Crippen molar-refractivity contribution in [2.75, 3.05) is 5.75 Å². The number of halogens is 3. The third kappa shape index (κ3) is 4.92. The van der Waals surface area contributed by atoms with Gasteiger partial charge < -0.3 is 9.26 Å². The highest BCUT2D eigenvalue weighted by Crippen LogP contribution is 2.26. The van der Waals surface area contributed by atoms with Crippen LogP contribution in [0.15, 0.2) is 46.1 Å². The predicted molar refractivity (Wildman–Crippen MR) is 111 cm³/mol. The van der Waals surface area contributed by atoms with Crippen molar-refractivity contribution >= 4 is 17.5 Å². The topological polar surface area (TPSA) is 101 Å². The van der Waals surface area contributed by atoms with Crippen LogP contribution in [0.1, 0.15) is 27.5 Å². The van der Waals surface area contributed by atoms with E-state index in [9.17, 15) is 18.0 Å². The van der Waals surface area contributed by atoms with Gasteiger partial charge in [-0.2, -0.15) is 4.68 Å². The smallest absolute Gasteiger partial charge is 0.406 e. The number of aryl methyl sites for hydroxylation is 2.